The molecular formula is C24H24NO. The van der Waals surface area contributed by atoms with Crippen LogP contribution in [0.25, 0.3) is 0 Å². The number of carbonyl (C=O) groups is 1. The van der Waals surface area contributed by atoms with E-state index in [4.69, 9.17) is 0 Å². The van der Waals surface area contributed by atoms with Crippen molar-refractivity contribution in [3.63, 3.8) is 0 Å². The second kappa shape index (κ2) is 9.00. The molecule has 0 N–H and O–H groups in total. The number of rotatable bonds is 7. The topological polar surface area (TPSA) is 20.3 Å². The highest BCUT2D eigenvalue weighted by atomic mass is 16.2. The van der Waals surface area contributed by atoms with Crippen LogP contribution in [0.4, 0.5) is 5.69 Å². The number of carbonyl (C=O) groups excluding carboxylic acids is 1. The highest BCUT2D eigenvalue weighted by molar-refractivity contribution is 5.93. The summed E-state index contributed by atoms with van der Waals surface area (Å²) in [6.45, 7) is 4.51. The predicted molar refractivity (Wildman–Crippen MR) is 108 cm³/mol. The summed E-state index contributed by atoms with van der Waals surface area (Å²) in [4.78, 5) is 14.8. The molecule has 0 saturated heterocycles. The molecule has 26 heavy (non-hydrogen) atoms. The molecule has 0 aliphatic carbocycles. The minimum Gasteiger partial charge on any atom is -0.308 e. The van der Waals surface area contributed by atoms with Crippen molar-refractivity contribution in [1.82, 2.24) is 0 Å². The van der Waals surface area contributed by atoms with Crippen LogP contribution >= 0.6 is 0 Å². The third kappa shape index (κ3) is 5.06. The molecule has 131 valence electrons. The van der Waals surface area contributed by atoms with Crippen molar-refractivity contribution in [2.75, 3.05) is 4.90 Å². The Balaban J connectivity index is 1.69. The van der Waals surface area contributed by atoms with Crippen molar-refractivity contribution < 1.29 is 4.79 Å². The van der Waals surface area contributed by atoms with E-state index in [0.717, 1.165) is 29.7 Å². The smallest absolute Gasteiger partial charge is 0.227 e. The maximum Gasteiger partial charge on any atom is 0.227 e. The van der Waals surface area contributed by atoms with E-state index >= 15 is 0 Å². The Kier molecular flexibility index (Phi) is 6.21. The summed E-state index contributed by atoms with van der Waals surface area (Å²) in [5.41, 5.74) is 4.27. The molecule has 3 rings (SSSR count). The highest BCUT2D eigenvalue weighted by Crippen LogP contribution is 2.20. The van der Waals surface area contributed by atoms with Gasteiger partial charge in [0.05, 0.1) is 6.54 Å². The molecule has 1 radical (unpaired) electrons. The number of amides is 1. The minimum atomic E-state index is 0.154. The van der Waals surface area contributed by atoms with E-state index in [1.165, 1.54) is 5.56 Å². The van der Waals surface area contributed by atoms with Crippen molar-refractivity contribution in [3.8, 4) is 0 Å². The molecule has 2 heteroatoms. The standard InChI is InChI=1S/C24H24NO/c1-20-15-17-23(18-16-20)25(19-22-11-6-3-7-12-22)24(26)14-8-13-21-9-4-2-5-10-21/h2-7,9-12,15-18H,1,8,13-14,19H2. The molecular weight excluding hydrogens is 318 g/mol. The summed E-state index contributed by atoms with van der Waals surface area (Å²) in [7, 11) is 0. The molecule has 0 spiro atoms. The van der Waals surface area contributed by atoms with Gasteiger partial charge in [-0.1, -0.05) is 72.8 Å². The van der Waals surface area contributed by atoms with Crippen molar-refractivity contribution >= 4 is 11.6 Å². The number of nitrogens with zero attached hydrogens (tertiary/aromatic N) is 1. The normalized spacial score (nSPS) is 10.5. The lowest BCUT2D eigenvalue weighted by atomic mass is 10.1. The van der Waals surface area contributed by atoms with Crippen LogP contribution in [-0.4, -0.2) is 5.91 Å². The molecule has 3 aromatic rings. The van der Waals surface area contributed by atoms with Gasteiger partial charge in [-0.15, -0.1) is 0 Å². The van der Waals surface area contributed by atoms with E-state index in [1.807, 2.05) is 65.6 Å². The van der Waals surface area contributed by atoms with Crippen molar-refractivity contribution in [3.05, 3.63) is 109 Å². The van der Waals surface area contributed by atoms with Gasteiger partial charge in [-0.2, -0.15) is 0 Å². The molecule has 0 saturated carbocycles. The molecule has 0 atom stereocenters. The zero-order chi connectivity index (χ0) is 18.2. The zero-order valence-corrected chi connectivity index (χ0v) is 15.0. The Hall–Kier alpha value is -2.87. The summed E-state index contributed by atoms with van der Waals surface area (Å²) >= 11 is 0. The number of aryl methyl sites for hydroxylation is 1. The third-order valence-electron chi connectivity index (χ3n) is 4.43. The van der Waals surface area contributed by atoms with E-state index in [-0.39, 0.29) is 5.91 Å². The zero-order valence-electron chi connectivity index (χ0n) is 15.0. The Morgan fingerprint density at radius 3 is 1.96 bits per heavy atom. The summed E-state index contributed by atoms with van der Waals surface area (Å²) < 4.78 is 0. The van der Waals surface area contributed by atoms with Crippen molar-refractivity contribution in [2.45, 2.75) is 25.8 Å². The fraction of sp³-hybridized carbons (Fsp3) is 0.167. The van der Waals surface area contributed by atoms with Crippen LogP contribution in [0.15, 0.2) is 84.9 Å². The quantitative estimate of drug-likeness (QED) is 0.561. The first-order valence-electron chi connectivity index (χ1n) is 9.02. The Bertz CT molecular complexity index is 810. The highest BCUT2D eigenvalue weighted by Gasteiger charge is 2.16. The van der Waals surface area contributed by atoms with Crippen LogP contribution in [0.3, 0.4) is 0 Å². The number of anilines is 1. The lowest BCUT2D eigenvalue weighted by Crippen LogP contribution is -2.30. The van der Waals surface area contributed by atoms with Crippen molar-refractivity contribution in [1.29, 1.82) is 0 Å². The Morgan fingerprint density at radius 1 is 0.769 bits per heavy atom. The number of hydrogen-bond acceptors (Lipinski definition) is 1. The molecule has 0 aliphatic rings. The van der Waals surface area contributed by atoms with Gasteiger partial charge in [0, 0.05) is 12.1 Å². The number of hydrogen-bond donors (Lipinski definition) is 0. The molecule has 0 aliphatic heterocycles. The molecule has 0 heterocycles. The van der Waals surface area contributed by atoms with Crippen LogP contribution in [0.2, 0.25) is 0 Å². The van der Waals surface area contributed by atoms with Gasteiger partial charge in [-0.05, 0) is 48.6 Å². The molecule has 0 fully saturated rings. The third-order valence-corrected chi connectivity index (χ3v) is 4.43. The number of benzene rings is 3. The maximum atomic E-state index is 12.9. The van der Waals surface area contributed by atoms with E-state index in [1.54, 1.807) is 0 Å². The van der Waals surface area contributed by atoms with E-state index < -0.39 is 0 Å². The second-order valence-corrected chi connectivity index (χ2v) is 6.47. The predicted octanol–water partition coefficient (Wildman–Crippen LogP) is 5.42. The molecule has 0 aromatic heterocycles. The van der Waals surface area contributed by atoms with Crippen LogP contribution < -0.4 is 4.90 Å². The van der Waals surface area contributed by atoms with E-state index in [0.29, 0.717) is 13.0 Å². The lowest BCUT2D eigenvalue weighted by molar-refractivity contribution is -0.118. The molecule has 0 bridgehead atoms. The van der Waals surface area contributed by atoms with Gasteiger partial charge in [-0.25, -0.2) is 0 Å². The maximum absolute atomic E-state index is 12.9. The monoisotopic (exact) mass is 342 g/mol. The van der Waals surface area contributed by atoms with Crippen molar-refractivity contribution in [2.24, 2.45) is 0 Å². The average Bonchev–Trinajstić information content (AvgIpc) is 2.68. The van der Waals surface area contributed by atoms with Gasteiger partial charge in [-0.3, -0.25) is 4.79 Å². The first-order chi connectivity index (χ1) is 12.7. The Labute approximate surface area is 156 Å². The Morgan fingerprint density at radius 2 is 1.35 bits per heavy atom. The van der Waals surface area contributed by atoms with Crippen LogP contribution in [-0.2, 0) is 17.8 Å². The van der Waals surface area contributed by atoms with Crippen LogP contribution in [0.5, 0.6) is 0 Å². The lowest BCUT2D eigenvalue weighted by Gasteiger charge is -2.23. The molecule has 2 nitrogen and oxygen atoms in total. The average molecular weight is 342 g/mol. The minimum absolute atomic E-state index is 0.154. The SMILES string of the molecule is [CH2]c1ccc(N(Cc2ccccc2)C(=O)CCCc2ccccc2)cc1. The first-order valence-corrected chi connectivity index (χ1v) is 9.02. The van der Waals surface area contributed by atoms with Gasteiger partial charge >= 0.3 is 0 Å². The summed E-state index contributed by atoms with van der Waals surface area (Å²) in [6, 6.07) is 28.3. The molecule has 1 amide bonds. The van der Waals surface area contributed by atoms with Gasteiger partial charge in [0.1, 0.15) is 0 Å². The largest absolute Gasteiger partial charge is 0.308 e. The van der Waals surface area contributed by atoms with Crippen LogP contribution in [0, 0.1) is 6.92 Å². The van der Waals surface area contributed by atoms with Crippen LogP contribution in [0.1, 0.15) is 29.5 Å². The van der Waals surface area contributed by atoms with E-state index in [2.05, 4.69) is 31.2 Å². The molecule has 3 aromatic carbocycles. The fourth-order valence-corrected chi connectivity index (χ4v) is 2.99. The van der Waals surface area contributed by atoms with Gasteiger partial charge in [0.15, 0.2) is 0 Å². The van der Waals surface area contributed by atoms with Gasteiger partial charge in [0.25, 0.3) is 0 Å². The van der Waals surface area contributed by atoms with Gasteiger partial charge < -0.3 is 4.90 Å². The summed E-state index contributed by atoms with van der Waals surface area (Å²) in [5.74, 6) is 0.154. The molecule has 0 unspecified atom stereocenters. The summed E-state index contributed by atoms with van der Waals surface area (Å²) in [6.07, 6.45) is 2.30. The van der Waals surface area contributed by atoms with Gasteiger partial charge in [0.2, 0.25) is 5.91 Å². The second-order valence-electron chi connectivity index (χ2n) is 6.47. The summed E-state index contributed by atoms with van der Waals surface area (Å²) in [5, 5.41) is 0. The van der Waals surface area contributed by atoms with E-state index in [9.17, 15) is 4.79 Å². The first kappa shape index (κ1) is 17.9. The fourth-order valence-electron chi connectivity index (χ4n) is 2.99.